The van der Waals surface area contributed by atoms with Gasteiger partial charge in [-0.05, 0) is 32.1 Å². The fourth-order valence-corrected chi connectivity index (χ4v) is 1.28. The third kappa shape index (κ3) is 7.59. The van der Waals surface area contributed by atoms with Crippen molar-refractivity contribution in [1.82, 2.24) is 0 Å². The summed E-state index contributed by atoms with van der Waals surface area (Å²) in [6.45, 7) is 5.08. The lowest BCUT2D eigenvalue weighted by atomic mass is 9.97. The van der Waals surface area contributed by atoms with E-state index < -0.39 is 0 Å². The van der Waals surface area contributed by atoms with Gasteiger partial charge in [0.2, 0.25) is 0 Å². The Morgan fingerprint density at radius 2 is 2.29 bits per heavy atom. The number of carbonyl (C=O) groups excluding carboxylic acids is 1. The van der Waals surface area contributed by atoms with Crippen molar-refractivity contribution in [3.8, 4) is 0 Å². The highest BCUT2D eigenvalue weighted by atomic mass is 16.5. The van der Waals surface area contributed by atoms with Crippen molar-refractivity contribution in [2.75, 3.05) is 7.11 Å². The average Bonchev–Trinajstić information content (AvgIpc) is 2.21. The quantitative estimate of drug-likeness (QED) is 0.500. The molecule has 0 radical (unpaired) electrons. The highest BCUT2D eigenvalue weighted by Gasteiger charge is 1.99. The predicted octanol–water partition coefficient (Wildman–Crippen LogP) is 3.24. The number of ether oxygens (including phenoxy) is 1. The molecule has 0 fully saturated rings. The standard InChI is InChI=1S/C9H14.C3H6O2/c1-2-6-9-7-4-3-5-8-9;1-3(4)5-2/h2,7H,1,3-6,8H2;1-2H3. The van der Waals surface area contributed by atoms with Gasteiger partial charge in [0.15, 0.2) is 0 Å². The van der Waals surface area contributed by atoms with Gasteiger partial charge < -0.3 is 4.74 Å². The molecule has 0 heterocycles. The Morgan fingerprint density at radius 3 is 2.64 bits per heavy atom. The van der Waals surface area contributed by atoms with Crippen LogP contribution in [0.4, 0.5) is 0 Å². The summed E-state index contributed by atoms with van der Waals surface area (Å²) in [7, 11) is 1.35. The number of carbonyl (C=O) groups is 1. The third-order valence-corrected chi connectivity index (χ3v) is 2.08. The molecular weight excluding hydrogens is 176 g/mol. The van der Waals surface area contributed by atoms with Crippen LogP contribution in [0.1, 0.15) is 39.0 Å². The van der Waals surface area contributed by atoms with Crippen LogP contribution < -0.4 is 0 Å². The van der Waals surface area contributed by atoms with Crippen LogP contribution in [0.15, 0.2) is 24.3 Å². The van der Waals surface area contributed by atoms with Gasteiger partial charge in [0, 0.05) is 6.92 Å². The minimum atomic E-state index is -0.245. The minimum Gasteiger partial charge on any atom is -0.469 e. The first kappa shape index (κ1) is 12.9. The van der Waals surface area contributed by atoms with Gasteiger partial charge in [0.25, 0.3) is 0 Å². The molecule has 0 aromatic rings. The van der Waals surface area contributed by atoms with Crippen molar-refractivity contribution in [3.05, 3.63) is 24.3 Å². The molecule has 0 atom stereocenters. The van der Waals surface area contributed by atoms with Crippen molar-refractivity contribution < 1.29 is 9.53 Å². The molecule has 1 aliphatic rings. The summed E-state index contributed by atoms with van der Waals surface area (Å²) in [4.78, 5) is 9.59. The molecule has 0 aliphatic heterocycles. The van der Waals surface area contributed by atoms with Crippen LogP contribution in [-0.2, 0) is 9.53 Å². The highest BCUT2D eigenvalue weighted by Crippen LogP contribution is 2.19. The van der Waals surface area contributed by atoms with Gasteiger partial charge in [-0.1, -0.05) is 17.7 Å². The van der Waals surface area contributed by atoms with Gasteiger partial charge in [-0.25, -0.2) is 0 Å². The van der Waals surface area contributed by atoms with E-state index in [0.717, 1.165) is 6.42 Å². The Kier molecular flexibility index (Phi) is 7.90. The van der Waals surface area contributed by atoms with Crippen LogP contribution in [0.5, 0.6) is 0 Å². The lowest BCUT2D eigenvalue weighted by Crippen LogP contribution is -1.89. The van der Waals surface area contributed by atoms with Gasteiger partial charge >= 0.3 is 5.97 Å². The lowest BCUT2D eigenvalue weighted by Gasteiger charge is -2.09. The molecule has 2 nitrogen and oxygen atoms in total. The maximum absolute atomic E-state index is 9.59. The monoisotopic (exact) mass is 196 g/mol. The molecule has 0 spiro atoms. The molecule has 80 valence electrons. The first-order valence-corrected chi connectivity index (χ1v) is 5.04. The molecule has 0 amide bonds. The minimum absolute atomic E-state index is 0.245. The molecule has 0 bridgehead atoms. The SMILES string of the molecule is C=CCC1=CCCCC1.COC(C)=O. The smallest absolute Gasteiger partial charge is 0.302 e. The highest BCUT2D eigenvalue weighted by molar-refractivity contribution is 5.65. The molecule has 0 unspecified atom stereocenters. The number of rotatable bonds is 2. The Labute approximate surface area is 86.6 Å². The Hall–Kier alpha value is -1.05. The first-order valence-electron chi connectivity index (χ1n) is 5.04. The molecule has 0 saturated heterocycles. The second kappa shape index (κ2) is 8.54. The van der Waals surface area contributed by atoms with E-state index in [0.29, 0.717) is 0 Å². The number of esters is 1. The first-order chi connectivity index (χ1) is 6.70. The van der Waals surface area contributed by atoms with Crippen molar-refractivity contribution >= 4 is 5.97 Å². The van der Waals surface area contributed by atoms with Gasteiger partial charge in [0.05, 0.1) is 7.11 Å². The summed E-state index contributed by atoms with van der Waals surface area (Å²) >= 11 is 0. The van der Waals surface area contributed by atoms with E-state index in [1.54, 1.807) is 5.57 Å². The van der Waals surface area contributed by atoms with E-state index in [-0.39, 0.29) is 5.97 Å². The normalized spacial score (nSPS) is 14.6. The van der Waals surface area contributed by atoms with Crippen LogP contribution in [0.3, 0.4) is 0 Å². The molecule has 1 rings (SSSR count). The average molecular weight is 196 g/mol. The zero-order valence-electron chi connectivity index (χ0n) is 9.21. The van der Waals surface area contributed by atoms with E-state index in [1.807, 2.05) is 6.08 Å². The van der Waals surface area contributed by atoms with Crippen LogP contribution in [0, 0.1) is 0 Å². The fraction of sp³-hybridized carbons (Fsp3) is 0.583. The van der Waals surface area contributed by atoms with Crippen LogP contribution in [0.2, 0.25) is 0 Å². The number of methoxy groups -OCH3 is 1. The summed E-state index contributed by atoms with van der Waals surface area (Å²) in [5.41, 5.74) is 1.59. The Bertz CT molecular complexity index is 204. The van der Waals surface area contributed by atoms with E-state index >= 15 is 0 Å². The van der Waals surface area contributed by atoms with Crippen LogP contribution in [-0.4, -0.2) is 13.1 Å². The number of allylic oxidation sites excluding steroid dienone is 3. The number of hydrogen-bond acceptors (Lipinski definition) is 2. The molecule has 0 aromatic heterocycles. The molecule has 0 aromatic carbocycles. The van der Waals surface area contributed by atoms with Crippen molar-refractivity contribution in [1.29, 1.82) is 0 Å². The predicted molar refractivity (Wildman–Crippen MR) is 59.1 cm³/mol. The third-order valence-electron chi connectivity index (χ3n) is 2.08. The number of hydrogen-bond donors (Lipinski definition) is 0. The van der Waals surface area contributed by atoms with Gasteiger partial charge in [-0.15, -0.1) is 6.58 Å². The maximum Gasteiger partial charge on any atom is 0.302 e. The van der Waals surface area contributed by atoms with Crippen molar-refractivity contribution in [3.63, 3.8) is 0 Å². The van der Waals surface area contributed by atoms with Crippen molar-refractivity contribution in [2.24, 2.45) is 0 Å². The van der Waals surface area contributed by atoms with E-state index in [4.69, 9.17) is 0 Å². The summed E-state index contributed by atoms with van der Waals surface area (Å²) in [5.74, 6) is -0.245. The summed E-state index contributed by atoms with van der Waals surface area (Å²) in [6.07, 6.45) is 10.9. The zero-order chi connectivity index (χ0) is 10.8. The summed E-state index contributed by atoms with van der Waals surface area (Å²) in [6, 6.07) is 0. The molecule has 2 heteroatoms. The van der Waals surface area contributed by atoms with Crippen molar-refractivity contribution in [2.45, 2.75) is 39.0 Å². The van der Waals surface area contributed by atoms with Gasteiger partial charge in [-0.3, -0.25) is 4.79 Å². The van der Waals surface area contributed by atoms with Gasteiger partial charge in [-0.2, -0.15) is 0 Å². The topological polar surface area (TPSA) is 26.3 Å². The molecule has 0 saturated carbocycles. The van der Waals surface area contributed by atoms with Crippen LogP contribution in [0.25, 0.3) is 0 Å². The molecule has 1 aliphatic carbocycles. The zero-order valence-corrected chi connectivity index (χ0v) is 9.21. The van der Waals surface area contributed by atoms with E-state index in [2.05, 4.69) is 17.4 Å². The Morgan fingerprint density at radius 1 is 1.64 bits per heavy atom. The lowest BCUT2D eigenvalue weighted by molar-refractivity contribution is -0.137. The molecule has 0 N–H and O–H groups in total. The second-order valence-corrected chi connectivity index (χ2v) is 3.30. The molecular formula is C12H20O2. The maximum atomic E-state index is 9.59. The summed E-state index contributed by atoms with van der Waals surface area (Å²) < 4.78 is 4.11. The molecule has 14 heavy (non-hydrogen) atoms. The largest absolute Gasteiger partial charge is 0.469 e. The Balaban J connectivity index is 0.000000292. The van der Waals surface area contributed by atoms with E-state index in [1.165, 1.54) is 39.7 Å². The van der Waals surface area contributed by atoms with Gasteiger partial charge in [0.1, 0.15) is 0 Å². The second-order valence-electron chi connectivity index (χ2n) is 3.30. The van der Waals surface area contributed by atoms with E-state index in [9.17, 15) is 4.79 Å². The fourth-order valence-electron chi connectivity index (χ4n) is 1.28. The van der Waals surface area contributed by atoms with Crippen LogP contribution >= 0.6 is 0 Å². The summed E-state index contributed by atoms with van der Waals surface area (Å²) in [5, 5.41) is 0.